The predicted octanol–water partition coefficient (Wildman–Crippen LogP) is 4.76. The molecule has 0 saturated carbocycles. The van der Waals surface area contributed by atoms with Crippen LogP contribution in [0.1, 0.15) is 32.2 Å². The van der Waals surface area contributed by atoms with Gasteiger partial charge in [0.05, 0.1) is 5.75 Å². The number of nitrogens with one attached hydrogen (secondary N) is 1. The second-order valence-corrected chi connectivity index (χ2v) is 8.24. The molecule has 8 heteroatoms. The first-order valence-electron chi connectivity index (χ1n) is 10.9. The molecule has 32 heavy (non-hydrogen) atoms. The van der Waals surface area contributed by atoms with Gasteiger partial charge in [-0.2, -0.15) is 0 Å². The second kappa shape index (κ2) is 11.6. The number of amides is 1. The van der Waals surface area contributed by atoms with Gasteiger partial charge in [0.2, 0.25) is 5.91 Å². The van der Waals surface area contributed by atoms with Crippen molar-refractivity contribution in [3.63, 3.8) is 0 Å². The van der Waals surface area contributed by atoms with Gasteiger partial charge in [-0.3, -0.25) is 4.79 Å². The van der Waals surface area contributed by atoms with Gasteiger partial charge >= 0.3 is 0 Å². The fourth-order valence-electron chi connectivity index (χ4n) is 3.30. The molecule has 0 unspecified atom stereocenters. The Morgan fingerprint density at radius 2 is 1.72 bits per heavy atom. The van der Waals surface area contributed by atoms with E-state index in [0.29, 0.717) is 18.3 Å². The SMILES string of the molecule is CCN(CC)c1ccc(NC(=O)CSc2nnc(COc3ccc(C)cc3)n2CC)cc1. The van der Waals surface area contributed by atoms with Crippen molar-refractivity contribution in [1.82, 2.24) is 14.8 Å². The predicted molar refractivity (Wildman–Crippen MR) is 131 cm³/mol. The van der Waals surface area contributed by atoms with Crippen LogP contribution in [0.5, 0.6) is 5.75 Å². The third kappa shape index (κ3) is 6.26. The van der Waals surface area contributed by atoms with E-state index in [1.807, 2.05) is 66.9 Å². The molecule has 170 valence electrons. The van der Waals surface area contributed by atoms with Crippen LogP contribution in [0.15, 0.2) is 53.7 Å². The van der Waals surface area contributed by atoms with Gasteiger partial charge in [-0.05, 0) is 64.1 Å². The Kier molecular flexibility index (Phi) is 8.56. The van der Waals surface area contributed by atoms with E-state index in [4.69, 9.17) is 4.74 Å². The van der Waals surface area contributed by atoms with Crippen LogP contribution in [0.4, 0.5) is 11.4 Å². The van der Waals surface area contributed by atoms with Crippen molar-refractivity contribution in [2.24, 2.45) is 0 Å². The first-order valence-corrected chi connectivity index (χ1v) is 11.9. The normalized spacial score (nSPS) is 10.8. The maximum Gasteiger partial charge on any atom is 0.234 e. The Morgan fingerprint density at radius 1 is 1.03 bits per heavy atom. The quantitative estimate of drug-likeness (QED) is 0.422. The molecule has 0 fully saturated rings. The molecule has 0 aliphatic heterocycles. The van der Waals surface area contributed by atoms with Gasteiger partial charge in [0, 0.05) is 31.0 Å². The number of anilines is 2. The summed E-state index contributed by atoms with van der Waals surface area (Å²) in [4.78, 5) is 14.7. The lowest BCUT2D eigenvalue weighted by Gasteiger charge is -2.21. The maximum absolute atomic E-state index is 12.4. The van der Waals surface area contributed by atoms with E-state index in [1.54, 1.807) is 0 Å². The zero-order valence-electron chi connectivity index (χ0n) is 19.2. The summed E-state index contributed by atoms with van der Waals surface area (Å²) in [5.74, 6) is 1.72. The van der Waals surface area contributed by atoms with Crippen LogP contribution in [-0.2, 0) is 17.9 Å². The second-order valence-electron chi connectivity index (χ2n) is 7.30. The van der Waals surface area contributed by atoms with Gasteiger partial charge in [0.25, 0.3) is 0 Å². The molecular weight excluding hydrogens is 422 g/mol. The molecule has 0 radical (unpaired) electrons. The van der Waals surface area contributed by atoms with Gasteiger partial charge in [-0.25, -0.2) is 0 Å². The van der Waals surface area contributed by atoms with Crippen molar-refractivity contribution in [2.45, 2.75) is 46.0 Å². The fourth-order valence-corrected chi connectivity index (χ4v) is 4.13. The van der Waals surface area contributed by atoms with Gasteiger partial charge < -0.3 is 19.5 Å². The van der Waals surface area contributed by atoms with Gasteiger partial charge in [-0.15, -0.1) is 10.2 Å². The van der Waals surface area contributed by atoms with Crippen LogP contribution in [0, 0.1) is 6.92 Å². The summed E-state index contributed by atoms with van der Waals surface area (Å²) in [7, 11) is 0. The molecule has 0 spiro atoms. The van der Waals surface area contributed by atoms with E-state index in [-0.39, 0.29) is 11.7 Å². The monoisotopic (exact) mass is 453 g/mol. The number of aryl methyl sites for hydroxylation is 1. The summed E-state index contributed by atoms with van der Waals surface area (Å²) in [6.45, 7) is 11.3. The van der Waals surface area contributed by atoms with E-state index in [0.717, 1.165) is 36.0 Å². The molecule has 1 N–H and O–H groups in total. The van der Waals surface area contributed by atoms with E-state index in [1.165, 1.54) is 17.3 Å². The van der Waals surface area contributed by atoms with Crippen molar-refractivity contribution < 1.29 is 9.53 Å². The molecule has 2 aromatic carbocycles. The number of hydrogen-bond donors (Lipinski definition) is 1. The van der Waals surface area contributed by atoms with Crippen LogP contribution in [0.3, 0.4) is 0 Å². The summed E-state index contributed by atoms with van der Waals surface area (Å²) in [6, 6.07) is 15.8. The van der Waals surface area contributed by atoms with Crippen LogP contribution >= 0.6 is 11.8 Å². The minimum atomic E-state index is -0.0753. The van der Waals surface area contributed by atoms with Crippen LogP contribution in [0.2, 0.25) is 0 Å². The Balaban J connectivity index is 1.53. The van der Waals surface area contributed by atoms with E-state index in [2.05, 4.69) is 34.3 Å². The highest BCUT2D eigenvalue weighted by molar-refractivity contribution is 7.99. The lowest BCUT2D eigenvalue weighted by Crippen LogP contribution is -2.21. The van der Waals surface area contributed by atoms with Crippen LogP contribution in [0.25, 0.3) is 0 Å². The summed E-state index contributed by atoms with van der Waals surface area (Å²) < 4.78 is 7.81. The number of hydrogen-bond acceptors (Lipinski definition) is 6. The van der Waals surface area contributed by atoms with E-state index in [9.17, 15) is 4.79 Å². The lowest BCUT2D eigenvalue weighted by molar-refractivity contribution is -0.113. The van der Waals surface area contributed by atoms with Crippen molar-refractivity contribution in [3.05, 3.63) is 59.9 Å². The third-order valence-electron chi connectivity index (χ3n) is 5.11. The molecule has 0 aliphatic rings. The molecule has 0 atom stereocenters. The van der Waals surface area contributed by atoms with Crippen LogP contribution < -0.4 is 15.0 Å². The number of rotatable bonds is 11. The van der Waals surface area contributed by atoms with Crippen molar-refractivity contribution in [2.75, 3.05) is 29.1 Å². The van der Waals surface area contributed by atoms with Crippen molar-refractivity contribution in [1.29, 1.82) is 0 Å². The summed E-state index contributed by atoms with van der Waals surface area (Å²) >= 11 is 1.37. The fraction of sp³-hybridized carbons (Fsp3) is 0.375. The summed E-state index contributed by atoms with van der Waals surface area (Å²) in [6.07, 6.45) is 0. The maximum atomic E-state index is 12.4. The number of thioether (sulfide) groups is 1. The third-order valence-corrected chi connectivity index (χ3v) is 6.08. The first-order chi connectivity index (χ1) is 15.5. The zero-order chi connectivity index (χ0) is 22.9. The van der Waals surface area contributed by atoms with Gasteiger partial charge in [0.1, 0.15) is 12.4 Å². The molecule has 0 saturated heterocycles. The minimum absolute atomic E-state index is 0.0753. The highest BCUT2D eigenvalue weighted by Gasteiger charge is 2.14. The number of ether oxygens (including phenoxy) is 1. The molecule has 0 bridgehead atoms. The molecule has 7 nitrogen and oxygen atoms in total. The number of aromatic nitrogens is 3. The number of carbonyl (C=O) groups is 1. The summed E-state index contributed by atoms with van der Waals surface area (Å²) in [5.41, 5.74) is 3.13. The molecule has 0 aliphatic carbocycles. The Hall–Kier alpha value is -3.00. The van der Waals surface area contributed by atoms with Crippen molar-refractivity contribution in [3.8, 4) is 5.75 Å². The highest BCUT2D eigenvalue weighted by Crippen LogP contribution is 2.21. The zero-order valence-corrected chi connectivity index (χ0v) is 20.0. The molecular formula is C24H31N5O2S. The van der Waals surface area contributed by atoms with E-state index >= 15 is 0 Å². The standard InChI is InChI=1S/C24H31N5O2S/c1-5-28(6-2)20-12-10-19(11-13-20)25-23(30)17-32-24-27-26-22(29(24)7-3)16-31-21-14-8-18(4)9-15-21/h8-15H,5-7,16-17H2,1-4H3,(H,25,30). The number of carbonyl (C=O) groups excluding carboxylic acids is 1. The molecule has 3 rings (SSSR count). The Labute approximate surface area is 194 Å². The Bertz CT molecular complexity index is 998. The number of benzene rings is 2. The smallest absolute Gasteiger partial charge is 0.234 e. The topological polar surface area (TPSA) is 72.3 Å². The van der Waals surface area contributed by atoms with E-state index < -0.39 is 0 Å². The lowest BCUT2D eigenvalue weighted by atomic mass is 10.2. The van der Waals surface area contributed by atoms with Crippen LogP contribution in [-0.4, -0.2) is 39.5 Å². The average molecular weight is 454 g/mol. The Morgan fingerprint density at radius 3 is 2.34 bits per heavy atom. The van der Waals surface area contributed by atoms with Gasteiger partial charge in [0.15, 0.2) is 11.0 Å². The first kappa shape index (κ1) is 23.7. The largest absolute Gasteiger partial charge is 0.486 e. The molecule has 1 heterocycles. The highest BCUT2D eigenvalue weighted by atomic mass is 32.2. The number of nitrogens with zero attached hydrogens (tertiary/aromatic N) is 4. The average Bonchev–Trinajstić information content (AvgIpc) is 3.21. The molecule has 1 aromatic heterocycles. The molecule has 3 aromatic rings. The summed E-state index contributed by atoms with van der Waals surface area (Å²) in [5, 5.41) is 12.2. The molecule has 1 amide bonds. The minimum Gasteiger partial charge on any atom is -0.486 e. The van der Waals surface area contributed by atoms with Gasteiger partial charge in [-0.1, -0.05) is 29.5 Å². The van der Waals surface area contributed by atoms with Crippen molar-refractivity contribution >= 4 is 29.0 Å².